The van der Waals surface area contributed by atoms with Crippen molar-refractivity contribution in [2.24, 2.45) is 0 Å². The summed E-state index contributed by atoms with van der Waals surface area (Å²) in [6, 6.07) is 4.20. The number of nitrogens with one attached hydrogen (secondary N) is 1. The molecule has 0 atom stereocenters. The van der Waals surface area contributed by atoms with Crippen LogP contribution in [0.3, 0.4) is 0 Å². The van der Waals surface area contributed by atoms with Crippen molar-refractivity contribution >= 4 is 21.8 Å². The van der Waals surface area contributed by atoms with Crippen LogP contribution in [-0.2, 0) is 16.6 Å². The average Bonchev–Trinajstić information content (AvgIpc) is 2.22. The van der Waals surface area contributed by atoms with Gasteiger partial charge in [-0.3, -0.25) is 0 Å². The molecule has 0 aliphatic heterocycles. The van der Waals surface area contributed by atoms with Gasteiger partial charge in [-0.05, 0) is 30.2 Å². The Morgan fingerprint density at radius 2 is 2.06 bits per heavy atom. The molecule has 1 N–H and O–H groups in total. The Balaban J connectivity index is 2.60. The molecule has 0 unspecified atom stereocenters. The summed E-state index contributed by atoms with van der Waals surface area (Å²) in [5.41, 5.74) is 0.388. The molecule has 0 amide bonds. The number of hydrogen-bond acceptors (Lipinski definition) is 2. The molecule has 0 bridgehead atoms. The van der Waals surface area contributed by atoms with Gasteiger partial charge in [0.05, 0.1) is 0 Å². The van der Waals surface area contributed by atoms with E-state index in [4.69, 9.17) is 11.6 Å². The molecule has 7 heteroatoms. The van der Waals surface area contributed by atoms with E-state index in [0.717, 1.165) is 4.31 Å². The molecular weight excluding hydrogens is 267 g/mol. The number of halogens is 2. The summed E-state index contributed by atoms with van der Waals surface area (Å²) >= 11 is 5.72. The van der Waals surface area contributed by atoms with Crippen molar-refractivity contribution in [1.29, 1.82) is 0 Å². The normalized spacial score (nSPS) is 12.1. The molecule has 0 spiro atoms. The summed E-state index contributed by atoms with van der Waals surface area (Å²) < 4.78 is 39.4. The van der Waals surface area contributed by atoms with Crippen LogP contribution in [-0.4, -0.2) is 33.4 Å². The van der Waals surface area contributed by atoms with Crippen molar-refractivity contribution in [1.82, 2.24) is 9.03 Å². The number of hydrogen-bond donors (Lipinski definition) is 1. The van der Waals surface area contributed by atoms with Gasteiger partial charge in [-0.1, -0.05) is 11.6 Å². The van der Waals surface area contributed by atoms with Gasteiger partial charge in [-0.2, -0.15) is 12.7 Å². The second kappa shape index (κ2) is 5.77. The fourth-order valence-electron chi connectivity index (χ4n) is 1.18. The van der Waals surface area contributed by atoms with E-state index in [1.807, 2.05) is 0 Å². The first-order valence-electron chi connectivity index (χ1n) is 4.94. The van der Waals surface area contributed by atoms with E-state index in [2.05, 4.69) is 4.72 Å². The van der Waals surface area contributed by atoms with E-state index in [-0.39, 0.29) is 13.0 Å². The van der Waals surface area contributed by atoms with Crippen LogP contribution >= 0.6 is 11.6 Å². The summed E-state index contributed by atoms with van der Waals surface area (Å²) in [4.78, 5) is 0. The smallest absolute Gasteiger partial charge is 0.207 e. The maximum absolute atomic E-state index is 13.3. The molecule has 1 aromatic carbocycles. The zero-order valence-corrected chi connectivity index (χ0v) is 11.1. The summed E-state index contributed by atoms with van der Waals surface area (Å²) in [6.45, 7) is 0.123. The maximum atomic E-state index is 13.3. The molecule has 17 heavy (non-hydrogen) atoms. The van der Waals surface area contributed by atoms with Crippen molar-refractivity contribution in [3.63, 3.8) is 0 Å². The molecule has 1 rings (SSSR count). The molecule has 0 radical (unpaired) electrons. The third-order valence-electron chi connectivity index (χ3n) is 2.17. The molecular formula is C10H14ClFN2O2S. The molecule has 96 valence electrons. The van der Waals surface area contributed by atoms with Crippen molar-refractivity contribution in [3.8, 4) is 0 Å². The summed E-state index contributed by atoms with van der Waals surface area (Å²) in [7, 11) is -0.626. The predicted octanol–water partition coefficient (Wildman–Crippen LogP) is 1.42. The largest absolute Gasteiger partial charge is 0.278 e. The highest BCUT2D eigenvalue weighted by Gasteiger charge is 2.12. The van der Waals surface area contributed by atoms with Crippen molar-refractivity contribution in [2.75, 3.05) is 20.6 Å². The second-order valence-corrected chi connectivity index (χ2v) is 6.07. The molecule has 4 nitrogen and oxygen atoms in total. The Morgan fingerprint density at radius 1 is 1.41 bits per heavy atom. The van der Waals surface area contributed by atoms with Gasteiger partial charge in [-0.25, -0.2) is 9.11 Å². The van der Waals surface area contributed by atoms with Gasteiger partial charge in [0.15, 0.2) is 0 Å². The number of rotatable bonds is 5. The molecule has 0 aliphatic carbocycles. The van der Waals surface area contributed by atoms with E-state index < -0.39 is 16.0 Å². The van der Waals surface area contributed by atoms with E-state index in [0.29, 0.717) is 10.6 Å². The standard InChI is InChI=1S/C10H14ClFN2O2S/c1-14(2)17(15,16)13-6-5-8-7-9(11)3-4-10(8)12/h3-4,7,13H,5-6H2,1-2H3. The minimum Gasteiger partial charge on any atom is -0.207 e. The van der Waals surface area contributed by atoms with Gasteiger partial charge >= 0.3 is 0 Å². The first-order chi connectivity index (χ1) is 7.83. The zero-order chi connectivity index (χ0) is 13.1. The average molecular weight is 281 g/mol. The molecule has 0 heterocycles. The quantitative estimate of drug-likeness (QED) is 0.887. The van der Waals surface area contributed by atoms with Crippen LogP contribution in [0.25, 0.3) is 0 Å². The number of nitrogens with zero attached hydrogens (tertiary/aromatic N) is 1. The van der Waals surface area contributed by atoms with E-state index >= 15 is 0 Å². The monoisotopic (exact) mass is 280 g/mol. The van der Waals surface area contributed by atoms with Gasteiger partial charge in [0, 0.05) is 25.7 Å². The van der Waals surface area contributed by atoms with Crippen molar-refractivity contribution < 1.29 is 12.8 Å². The molecule has 0 aromatic heterocycles. The van der Waals surface area contributed by atoms with Crippen LogP contribution < -0.4 is 4.72 Å². The van der Waals surface area contributed by atoms with Crippen LogP contribution in [0.15, 0.2) is 18.2 Å². The van der Waals surface area contributed by atoms with Gasteiger partial charge < -0.3 is 0 Å². The fraction of sp³-hybridized carbons (Fsp3) is 0.400. The summed E-state index contributed by atoms with van der Waals surface area (Å²) in [5, 5.41) is 0.428. The van der Waals surface area contributed by atoms with E-state index in [1.54, 1.807) is 0 Å². The lowest BCUT2D eigenvalue weighted by Crippen LogP contribution is -2.36. The lowest BCUT2D eigenvalue weighted by Gasteiger charge is -2.12. The van der Waals surface area contributed by atoms with Crippen LogP contribution in [0.2, 0.25) is 5.02 Å². The number of benzene rings is 1. The minimum atomic E-state index is -3.46. The minimum absolute atomic E-state index is 0.123. The molecule has 1 aromatic rings. The van der Waals surface area contributed by atoms with Gasteiger partial charge in [-0.15, -0.1) is 0 Å². The van der Waals surface area contributed by atoms with Crippen molar-refractivity contribution in [2.45, 2.75) is 6.42 Å². The van der Waals surface area contributed by atoms with Crippen LogP contribution in [0.4, 0.5) is 4.39 Å². The summed E-state index contributed by atoms with van der Waals surface area (Å²) in [5.74, 6) is -0.390. The second-order valence-electron chi connectivity index (χ2n) is 3.67. The third kappa shape index (κ3) is 4.23. The third-order valence-corrected chi connectivity index (χ3v) is 3.93. The van der Waals surface area contributed by atoms with Gasteiger partial charge in [0.25, 0.3) is 10.2 Å². The van der Waals surface area contributed by atoms with Gasteiger partial charge in [0.1, 0.15) is 5.82 Å². The Bertz CT molecular complexity index is 491. The van der Waals surface area contributed by atoms with Crippen LogP contribution in [0, 0.1) is 5.82 Å². The maximum Gasteiger partial charge on any atom is 0.278 e. The van der Waals surface area contributed by atoms with Crippen LogP contribution in [0.1, 0.15) is 5.56 Å². The highest BCUT2D eigenvalue weighted by molar-refractivity contribution is 7.87. The Labute approximate surface area is 106 Å². The van der Waals surface area contributed by atoms with Crippen molar-refractivity contribution in [3.05, 3.63) is 34.6 Å². The van der Waals surface area contributed by atoms with E-state index in [9.17, 15) is 12.8 Å². The first-order valence-corrected chi connectivity index (χ1v) is 6.76. The summed E-state index contributed by atoms with van der Waals surface area (Å²) in [6.07, 6.45) is 0.249. The fourth-order valence-corrected chi connectivity index (χ4v) is 1.99. The van der Waals surface area contributed by atoms with Crippen LogP contribution in [0.5, 0.6) is 0 Å². The highest BCUT2D eigenvalue weighted by Crippen LogP contribution is 2.15. The SMILES string of the molecule is CN(C)S(=O)(=O)NCCc1cc(Cl)ccc1F. The van der Waals surface area contributed by atoms with Gasteiger partial charge in [0.2, 0.25) is 0 Å². The molecule has 0 saturated carbocycles. The molecule has 0 saturated heterocycles. The zero-order valence-electron chi connectivity index (χ0n) is 9.57. The highest BCUT2D eigenvalue weighted by atomic mass is 35.5. The Hall–Kier alpha value is -0.690. The lowest BCUT2D eigenvalue weighted by atomic mass is 10.1. The predicted molar refractivity (Wildman–Crippen MR) is 65.7 cm³/mol. The Morgan fingerprint density at radius 3 is 2.65 bits per heavy atom. The first kappa shape index (κ1) is 14.4. The molecule has 0 fully saturated rings. The Kier molecular flexibility index (Phi) is 4.88. The lowest BCUT2D eigenvalue weighted by molar-refractivity contribution is 0.505. The molecule has 0 aliphatic rings. The van der Waals surface area contributed by atoms with E-state index in [1.165, 1.54) is 32.3 Å². The topological polar surface area (TPSA) is 49.4 Å².